The van der Waals surface area contributed by atoms with Crippen LogP contribution in [-0.4, -0.2) is 28.0 Å². The third-order valence-corrected chi connectivity index (χ3v) is 3.19. The predicted octanol–water partition coefficient (Wildman–Crippen LogP) is 1.75. The number of rotatable bonds is 2. The minimum absolute atomic E-state index is 0. The minimum atomic E-state index is -0.0984. The van der Waals surface area contributed by atoms with Crippen molar-refractivity contribution in [1.82, 2.24) is 20.3 Å². The number of aromatic amines is 1. The van der Waals surface area contributed by atoms with Crippen LogP contribution >= 0.6 is 24.8 Å². The molecule has 0 aromatic carbocycles. The van der Waals surface area contributed by atoms with Crippen molar-refractivity contribution in [2.75, 3.05) is 13.1 Å². The van der Waals surface area contributed by atoms with E-state index in [0.29, 0.717) is 11.7 Å². The highest BCUT2D eigenvalue weighted by atomic mass is 35.5. The molecule has 5 nitrogen and oxygen atoms in total. The van der Waals surface area contributed by atoms with Crippen LogP contribution in [-0.2, 0) is 0 Å². The molecule has 1 unspecified atom stereocenters. The first-order valence-electron chi connectivity index (χ1n) is 6.05. The second kappa shape index (κ2) is 7.38. The number of hydrogen-bond acceptors (Lipinski definition) is 4. The molecule has 0 aliphatic carbocycles. The van der Waals surface area contributed by atoms with Gasteiger partial charge in [-0.05, 0) is 25.1 Å². The molecule has 2 N–H and O–H groups in total. The minimum Gasteiger partial charge on any atom is -0.316 e. The summed E-state index contributed by atoms with van der Waals surface area (Å²) in [5.41, 5.74) is 1.66. The average molecular weight is 315 g/mol. The van der Waals surface area contributed by atoms with Gasteiger partial charge in [-0.15, -0.1) is 24.8 Å². The van der Waals surface area contributed by atoms with E-state index in [-0.39, 0.29) is 30.4 Å². The van der Waals surface area contributed by atoms with Gasteiger partial charge in [-0.2, -0.15) is 0 Å². The zero-order valence-electron chi connectivity index (χ0n) is 10.7. The molecule has 1 aliphatic rings. The van der Waals surface area contributed by atoms with Crippen molar-refractivity contribution in [3.8, 4) is 11.4 Å². The van der Waals surface area contributed by atoms with Crippen molar-refractivity contribution >= 4 is 24.8 Å². The summed E-state index contributed by atoms with van der Waals surface area (Å²) in [4.78, 5) is 23.0. The van der Waals surface area contributed by atoms with Gasteiger partial charge < -0.3 is 10.3 Å². The van der Waals surface area contributed by atoms with Gasteiger partial charge in [-0.3, -0.25) is 9.78 Å². The van der Waals surface area contributed by atoms with Gasteiger partial charge in [0, 0.05) is 36.5 Å². The van der Waals surface area contributed by atoms with E-state index in [1.54, 1.807) is 18.5 Å². The second-order valence-corrected chi connectivity index (χ2v) is 4.44. The molecule has 0 spiro atoms. The topological polar surface area (TPSA) is 70.7 Å². The number of H-pyrrole nitrogens is 1. The number of nitrogens with zero attached hydrogens (tertiary/aromatic N) is 2. The summed E-state index contributed by atoms with van der Waals surface area (Å²) in [7, 11) is 0. The van der Waals surface area contributed by atoms with Gasteiger partial charge >= 0.3 is 0 Å². The molecular weight excluding hydrogens is 299 g/mol. The third-order valence-electron chi connectivity index (χ3n) is 3.19. The summed E-state index contributed by atoms with van der Waals surface area (Å²) in [5.74, 6) is 0.958. The Morgan fingerprint density at radius 2 is 1.95 bits per heavy atom. The van der Waals surface area contributed by atoms with Gasteiger partial charge in [0.25, 0.3) is 5.56 Å². The number of hydrogen-bond donors (Lipinski definition) is 2. The van der Waals surface area contributed by atoms with E-state index in [4.69, 9.17) is 0 Å². The highest BCUT2D eigenvalue weighted by molar-refractivity contribution is 5.85. The van der Waals surface area contributed by atoms with Crippen LogP contribution in [0.4, 0.5) is 0 Å². The Morgan fingerprint density at radius 3 is 2.60 bits per heavy atom. The Bertz CT molecular complexity index is 597. The second-order valence-electron chi connectivity index (χ2n) is 4.44. The van der Waals surface area contributed by atoms with Crippen LogP contribution in [0.3, 0.4) is 0 Å². The van der Waals surface area contributed by atoms with Gasteiger partial charge in [0.2, 0.25) is 0 Å². The molecule has 108 valence electrons. The highest BCUT2D eigenvalue weighted by Crippen LogP contribution is 2.21. The number of halogens is 2. The Hall–Kier alpha value is -1.43. The van der Waals surface area contributed by atoms with E-state index in [0.717, 1.165) is 30.8 Å². The SMILES string of the molecule is Cl.Cl.O=c1cc(C2CCNC2)nc(-c2ccncc2)[nH]1. The Labute approximate surface area is 129 Å². The molecule has 3 heterocycles. The Kier molecular flexibility index (Phi) is 6.13. The van der Waals surface area contributed by atoms with Crippen molar-refractivity contribution in [2.24, 2.45) is 0 Å². The van der Waals surface area contributed by atoms with Crippen molar-refractivity contribution in [3.63, 3.8) is 0 Å². The smallest absolute Gasteiger partial charge is 0.251 e. The molecule has 2 aromatic heterocycles. The van der Waals surface area contributed by atoms with Crippen LogP contribution in [0.1, 0.15) is 18.0 Å². The molecule has 1 aliphatic heterocycles. The van der Waals surface area contributed by atoms with Crippen LogP contribution in [0.25, 0.3) is 11.4 Å². The summed E-state index contributed by atoms with van der Waals surface area (Å²) in [5, 5.41) is 3.29. The number of nitrogens with one attached hydrogen (secondary N) is 2. The molecule has 1 saturated heterocycles. The van der Waals surface area contributed by atoms with Gasteiger partial charge in [0.05, 0.1) is 5.69 Å². The maximum Gasteiger partial charge on any atom is 0.251 e. The van der Waals surface area contributed by atoms with E-state index in [9.17, 15) is 4.79 Å². The van der Waals surface area contributed by atoms with Gasteiger partial charge in [0.15, 0.2) is 0 Å². The average Bonchev–Trinajstić information content (AvgIpc) is 2.93. The fourth-order valence-corrected chi connectivity index (χ4v) is 2.24. The molecular formula is C13H16Cl2N4O. The molecule has 0 radical (unpaired) electrons. The normalized spacial score (nSPS) is 17.1. The van der Waals surface area contributed by atoms with Crippen LogP contribution in [0, 0.1) is 0 Å². The van der Waals surface area contributed by atoms with E-state index < -0.39 is 0 Å². The zero-order valence-corrected chi connectivity index (χ0v) is 12.3. The lowest BCUT2D eigenvalue weighted by atomic mass is 10.0. The van der Waals surface area contributed by atoms with Gasteiger partial charge in [0.1, 0.15) is 5.82 Å². The van der Waals surface area contributed by atoms with Gasteiger partial charge in [-0.25, -0.2) is 4.98 Å². The lowest BCUT2D eigenvalue weighted by Crippen LogP contribution is -2.15. The summed E-state index contributed by atoms with van der Waals surface area (Å²) >= 11 is 0. The lowest BCUT2D eigenvalue weighted by molar-refractivity contribution is 0.729. The van der Waals surface area contributed by atoms with Crippen molar-refractivity contribution in [2.45, 2.75) is 12.3 Å². The van der Waals surface area contributed by atoms with Crippen LogP contribution < -0.4 is 10.9 Å². The lowest BCUT2D eigenvalue weighted by Gasteiger charge is -2.09. The largest absolute Gasteiger partial charge is 0.316 e. The van der Waals surface area contributed by atoms with Crippen molar-refractivity contribution in [3.05, 3.63) is 46.6 Å². The number of aromatic nitrogens is 3. The fraction of sp³-hybridized carbons (Fsp3) is 0.308. The molecule has 0 bridgehead atoms. The fourth-order valence-electron chi connectivity index (χ4n) is 2.24. The molecule has 20 heavy (non-hydrogen) atoms. The van der Waals surface area contributed by atoms with E-state index in [1.807, 2.05) is 12.1 Å². The predicted molar refractivity (Wildman–Crippen MR) is 82.8 cm³/mol. The molecule has 3 rings (SSSR count). The van der Waals surface area contributed by atoms with Crippen molar-refractivity contribution in [1.29, 1.82) is 0 Å². The monoisotopic (exact) mass is 314 g/mol. The van der Waals surface area contributed by atoms with Crippen LogP contribution in [0.2, 0.25) is 0 Å². The standard InChI is InChI=1S/C13H14N4O.2ClH/c18-12-7-11(10-3-6-15-8-10)16-13(17-12)9-1-4-14-5-2-9;;/h1-2,4-5,7,10,15H,3,6,8H2,(H,16,17,18);2*1H. The summed E-state index contributed by atoms with van der Waals surface area (Å²) in [6.45, 7) is 1.88. The maximum atomic E-state index is 11.7. The van der Waals surface area contributed by atoms with Crippen LogP contribution in [0.15, 0.2) is 35.4 Å². The van der Waals surface area contributed by atoms with E-state index >= 15 is 0 Å². The molecule has 0 amide bonds. The maximum absolute atomic E-state index is 11.7. The zero-order chi connectivity index (χ0) is 12.4. The molecule has 1 fully saturated rings. The molecule has 7 heteroatoms. The van der Waals surface area contributed by atoms with Crippen LogP contribution in [0.5, 0.6) is 0 Å². The quantitative estimate of drug-likeness (QED) is 0.886. The Balaban J connectivity index is 0.000001000. The van der Waals surface area contributed by atoms with E-state index in [2.05, 4.69) is 20.3 Å². The summed E-state index contributed by atoms with van der Waals surface area (Å²) in [6, 6.07) is 5.28. The third kappa shape index (κ3) is 3.56. The molecule has 1 atom stereocenters. The first-order chi connectivity index (χ1) is 8.83. The highest BCUT2D eigenvalue weighted by Gasteiger charge is 2.19. The number of pyridine rings is 1. The van der Waals surface area contributed by atoms with E-state index in [1.165, 1.54) is 0 Å². The summed E-state index contributed by atoms with van der Waals surface area (Å²) < 4.78 is 0. The molecule has 2 aromatic rings. The Morgan fingerprint density at radius 1 is 1.20 bits per heavy atom. The molecule has 0 saturated carbocycles. The van der Waals surface area contributed by atoms with Gasteiger partial charge in [-0.1, -0.05) is 0 Å². The summed E-state index contributed by atoms with van der Waals surface area (Å²) in [6.07, 6.45) is 4.42. The van der Waals surface area contributed by atoms with Crippen molar-refractivity contribution < 1.29 is 0 Å². The first kappa shape index (κ1) is 16.6. The first-order valence-corrected chi connectivity index (χ1v) is 6.05.